The third-order valence-electron chi connectivity index (χ3n) is 5.58. The molecule has 0 aromatic rings. The third kappa shape index (κ3) is 21.5. The summed E-state index contributed by atoms with van der Waals surface area (Å²) in [6, 6.07) is 0. The van der Waals surface area contributed by atoms with Crippen molar-refractivity contribution in [1.29, 1.82) is 0 Å². The number of carbonyl (C=O) groups excluding carboxylic acids is 1. The molecular formula is C25H48O4. The molecule has 0 saturated heterocycles. The van der Waals surface area contributed by atoms with Gasteiger partial charge in [0.15, 0.2) is 0 Å². The lowest BCUT2D eigenvalue weighted by molar-refractivity contribution is -0.150. The Morgan fingerprint density at radius 3 is 1.55 bits per heavy atom. The molecule has 0 fully saturated rings. The van der Waals surface area contributed by atoms with Gasteiger partial charge in [0.1, 0.15) is 6.10 Å². The van der Waals surface area contributed by atoms with Crippen LogP contribution in [0.3, 0.4) is 0 Å². The zero-order valence-corrected chi connectivity index (χ0v) is 19.4. The summed E-state index contributed by atoms with van der Waals surface area (Å²) < 4.78 is 5.78. The van der Waals surface area contributed by atoms with Gasteiger partial charge in [0.05, 0.1) is 0 Å². The lowest BCUT2D eigenvalue weighted by Gasteiger charge is -2.18. The minimum atomic E-state index is -0.728. The standard InChI is InChI=1S/C25H48O4/c1-3-5-7-9-10-11-12-13-18-22-25(28)29-23(19-15-8-6-4-2)20-16-14-17-21-24(26)27/h23H,3-22H2,1-2H3,(H,26,27). The molecule has 0 amide bonds. The van der Waals surface area contributed by atoms with Crippen LogP contribution in [0.4, 0.5) is 0 Å². The van der Waals surface area contributed by atoms with E-state index < -0.39 is 5.97 Å². The van der Waals surface area contributed by atoms with Crippen molar-refractivity contribution < 1.29 is 19.4 Å². The second-order valence-electron chi connectivity index (χ2n) is 8.53. The summed E-state index contributed by atoms with van der Waals surface area (Å²) in [6.45, 7) is 4.44. The van der Waals surface area contributed by atoms with Gasteiger partial charge in [-0.05, 0) is 38.5 Å². The second kappa shape index (κ2) is 21.6. The maximum Gasteiger partial charge on any atom is 0.306 e. The van der Waals surface area contributed by atoms with Crippen molar-refractivity contribution in [2.45, 2.75) is 148 Å². The van der Waals surface area contributed by atoms with Crippen molar-refractivity contribution in [2.75, 3.05) is 0 Å². The Morgan fingerprint density at radius 2 is 1.03 bits per heavy atom. The number of hydrogen-bond acceptors (Lipinski definition) is 3. The topological polar surface area (TPSA) is 63.6 Å². The molecule has 0 aliphatic heterocycles. The predicted molar refractivity (Wildman–Crippen MR) is 121 cm³/mol. The van der Waals surface area contributed by atoms with Crippen LogP contribution in [-0.2, 0) is 14.3 Å². The van der Waals surface area contributed by atoms with Crippen LogP contribution in [0.25, 0.3) is 0 Å². The van der Waals surface area contributed by atoms with Crippen molar-refractivity contribution in [3.63, 3.8) is 0 Å². The summed E-state index contributed by atoms with van der Waals surface area (Å²) in [7, 11) is 0. The molecule has 29 heavy (non-hydrogen) atoms. The van der Waals surface area contributed by atoms with Gasteiger partial charge in [-0.3, -0.25) is 9.59 Å². The maximum atomic E-state index is 12.2. The number of esters is 1. The van der Waals surface area contributed by atoms with Crippen molar-refractivity contribution in [3.8, 4) is 0 Å². The molecule has 0 heterocycles. The van der Waals surface area contributed by atoms with E-state index in [2.05, 4.69) is 13.8 Å². The number of carbonyl (C=O) groups is 2. The van der Waals surface area contributed by atoms with E-state index in [4.69, 9.17) is 9.84 Å². The van der Waals surface area contributed by atoms with Crippen LogP contribution in [0.5, 0.6) is 0 Å². The van der Waals surface area contributed by atoms with Crippen LogP contribution in [0, 0.1) is 0 Å². The fraction of sp³-hybridized carbons (Fsp3) is 0.920. The molecule has 0 aliphatic carbocycles. The molecular weight excluding hydrogens is 364 g/mol. The van der Waals surface area contributed by atoms with Crippen LogP contribution in [-0.4, -0.2) is 23.1 Å². The number of aliphatic carboxylic acids is 1. The summed E-state index contributed by atoms with van der Waals surface area (Å²) in [5.41, 5.74) is 0. The predicted octanol–water partition coefficient (Wildman–Crippen LogP) is 7.82. The van der Waals surface area contributed by atoms with Gasteiger partial charge in [-0.2, -0.15) is 0 Å². The Kier molecular flexibility index (Phi) is 20.9. The first kappa shape index (κ1) is 27.9. The molecule has 0 spiro atoms. The fourth-order valence-electron chi connectivity index (χ4n) is 3.71. The SMILES string of the molecule is CCCCCCCCCCCC(=O)OC(CCCCCC)CCCCCC(=O)O. The average Bonchev–Trinajstić information content (AvgIpc) is 2.69. The molecule has 0 rings (SSSR count). The summed E-state index contributed by atoms with van der Waals surface area (Å²) in [5, 5.41) is 8.72. The van der Waals surface area contributed by atoms with E-state index in [1.54, 1.807) is 0 Å². The molecule has 4 heteroatoms. The van der Waals surface area contributed by atoms with Gasteiger partial charge in [0, 0.05) is 12.8 Å². The first-order valence-corrected chi connectivity index (χ1v) is 12.5. The highest BCUT2D eigenvalue weighted by molar-refractivity contribution is 5.69. The van der Waals surface area contributed by atoms with Gasteiger partial charge < -0.3 is 9.84 Å². The van der Waals surface area contributed by atoms with Gasteiger partial charge in [-0.25, -0.2) is 0 Å². The summed E-state index contributed by atoms with van der Waals surface area (Å²) in [6.07, 6.45) is 21.2. The first-order valence-electron chi connectivity index (χ1n) is 12.5. The molecule has 0 bridgehead atoms. The van der Waals surface area contributed by atoms with E-state index in [-0.39, 0.29) is 18.5 Å². The Labute approximate surface area is 180 Å². The van der Waals surface area contributed by atoms with Gasteiger partial charge in [0.25, 0.3) is 0 Å². The summed E-state index contributed by atoms with van der Waals surface area (Å²) in [5.74, 6) is -0.771. The molecule has 0 aromatic carbocycles. The van der Waals surface area contributed by atoms with Crippen LogP contribution in [0.1, 0.15) is 142 Å². The van der Waals surface area contributed by atoms with Crippen molar-refractivity contribution in [2.24, 2.45) is 0 Å². The van der Waals surface area contributed by atoms with E-state index >= 15 is 0 Å². The first-order chi connectivity index (χ1) is 14.1. The number of carboxylic acids is 1. The van der Waals surface area contributed by atoms with Crippen molar-refractivity contribution in [1.82, 2.24) is 0 Å². The summed E-state index contributed by atoms with van der Waals surface area (Å²) in [4.78, 5) is 22.8. The van der Waals surface area contributed by atoms with Crippen LogP contribution in [0.15, 0.2) is 0 Å². The highest BCUT2D eigenvalue weighted by atomic mass is 16.5. The van der Waals surface area contributed by atoms with E-state index in [1.165, 1.54) is 64.2 Å². The molecule has 4 nitrogen and oxygen atoms in total. The van der Waals surface area contributed by atoms with Crippen LogP contribution < -0.4 is 0 Å². The zero-order chi connectivity index (χ0) is 21.6. The van der Waals surface area contributed by atoms with Crippen molar-refractivity contribution >= 4 is 11.9 Å². The average molecular weight is 413 g/mol. The normalized spacial score (nSPS) is 12.1. The molecule has 1 atom stereocenters. The minimum absolute atomic E-state index is 0.0164. The largest absolute Gasteiger partial charge is 0.481 e. The molecule has 1 N–H and O–H groups in total. The second-order valence-corrected chi connectivity index (χ2v) is 8.53. The van der Waals surface area contributed by atoms with Crippen molar-refractivity contribution in [3.05, 3.63) is 0 Å². The molecule has 0 radical (unpaired) electrons. The molecule has 1 unspecified atom stereocenters. The quantitative estimate of drug-likeness (QED) is 0.145. The lowest BCUT2D eigenvalue weighted by atomic mass is 10.0. The monoisotopic (exact) mass is 412 g/mol. The van der Waals surface area contributed by atoms with Crippen LogP contribution in [0.2, 0.25) is 0 Å². The molecule has 0 aliphatic rings. The lowest BCUT2D eigenvalue weighted by Crippen LogP contribution is -2.18. The number of rotatable bonds is 22. The highest BCUT2D eigenvalue weighted by Crippen LogP contribution is 2.17. The van der Waals surface area contributed by atoms with Gasteiger partial charge in [0.2, 0.25) is 0 Å². The fourth-order valence-corrected chi connectivity index (χ4v) is 3.71. The Hall–Kier alpha value is -1.06. The third-order valence-corrected chi connectivity index (χ3v) is 5.58. The summed E-state index contributed by atoms with van der Waals surface area (Å²) >= 11 is 0. The Morgan fingerprint density at radius 1 is 0.621 bits per heavy atom. The van der Waals surface area contributed by atoms with Gasteiger partial charge >= 0.3 is 11.9 Å². The molecule has 172 valence electrons. The van der Waals surface area contributed by atoms with Gasteiger partial charge in [-0.15, -0.1) is 0 Å². The van der Waals surface area contributed by atoms with E-state index in [9.17, 15) is 9.59 Å². The smallest absolute Gasteiger partial charge is 0.306 e. The van der Waals surface area contributed by atoms with E-state index in [1.807, 2.05) is 0 Å². The Bertz CT molecular complexity index is 381. The molecule has 0 aromatic heterocycles. The maximum absolute atomic E-state index is 12.2. The van der Waals surface area contributed by atoms with Crippen LogP contribution >= 0.6 is 0 Å². The van der Waals surface area contributed by atoms with E-state index in [0.29, 0.717) is 12.8 Å². The number of unbranched alkanes of at least 4 members (excludes halogenated alkanes) is 13. The minimum Gasteiger partial charge on any atom is -0.481 e. The Balaban J connectivity index is 3.90. The number of ether oxygens (including phenoxy) is 1. The number of carboxylic acid groups (broad SMARTS) is 1. The van der Waals surface area contributed by atoms with Gasteiger partial charge in [-0.1, -0.05) is 90.9 Å². The van der Waals surface area contributed by atoms with E-state index in [0.717, 1.165) is 44.9 Å². The number of hydrogen-bond donors (Lipinski definition) is 1. The highest BCUT2D eigenvalue weighted by Gasteiger charge is 2.14. The zero-order valence-electron chi connectivity index (χ0n) is 19.4. The molecule has 0 saturated carbocycles.